The summed E-state index contributed by atoms with van der Waals surface area (Å²) in [5.74, 6) is 0.914. The molecule has 1 aromatic carbocycles. The van der Waals surface area contributed by atoms with Crippen molar-refractivity contribution in [2.45, 2.75) is 6.54 Å². The molecule has 0 fully saturated rings. The maximum atomic E-state index is 11.8. The van der Waals surface area contributed by atoms with Crippen LogP contribution in [0, 0.1) is 0 Å². The van der Waals surface area contributed by atoms with Crippen molar-refractivity contribution in [3.63, 3.8) is 0 Å². The Morgan fingerprint density at radius 3 is 2.70 bits per heavy atom. The molecular weight excluding hydrogens is 290 g/mol. The largest absolute Gasteiger partial charge is 0.439 e. The van der Waals surface area contributed by atoms with Gasteiger partial charge in [-0.15, -0.1) is 0 Å². The maximum Gasteiger partial charge on any atom is 0.244 e. The average Bonchev–Trinajstić information content (AvgIpc) is 3.09. The third-order valence-electron chi connectivity index (χ3n) is 3.12. The van der Waals surface area contributed by atoms with Crippen LogP contribution in [0.3, 0.4) is 0 Å². The number of benzene rings is 1. The third kappa shape index (κ3) is 4.14. The van der Waals surface area contributed by atoms with Crippen LogP contribution in [-0.4, -0.2) is 15.9 Å². The van der Waals surface area contributed by atoms with E-state index in [0.29, 0.717) is 11.7 Å². The van der Waals surface area contributed by atoms with Crippen LogP contribution in [0.5, 0.6) is 0 Å². The summed E-state index contributed by atoms with van der Waals surface area (Å²) < 4.78 is 5.62. The zero-order chi connectivity index (χ0) is 15.9. The second-order valence-electron chi connectivity index (χ2n) is 4.79. The summed E-state index contributed by atoms with van der Waals surface area (Å²) in [7, 11) is 0. The quantitative estimate of drug-likeness (QED) is 0.736. The van der Waals surface area contributed by atoms with E-state index in [2.05, 4.69) is 15.3 Å². The predicted octanol–water partition coefficient (Wildman–Crippen LogP) is 3.07. The van der Waals surface area contributed by atoms with Crippen LogP contribution in [0.15, 0.2) is 71.4 Å². The number of rotatable bonds is 5. The van der Waals surface area contributed by atoms with E-state index in [0.717, 1.165) is 11.3 Å². The number of hydrogen-bond donors (Lipinski definition) is 1. The minimum absolute atomic E-state index is 0.227. The zero-order valence-electron chi connectivity index (χ0n) is 12.3. The summed E-state index contributed by atoms with van der Waals surface area (Å²) >= 11 is 0. The van der Waals surface area contributed by atoms with E-state index in [1.807, 2.05) is 48.5 Å². The molecule has 5 heteroatoms. The average molecular weight is 305 g/mol. The molecule has 0 atom stereocenters. The van der Waals surface area contributed by atoms with Crippen LogP contribution in [0.4, 0.5) is 0 Å². The normalized spacial score (nSPS) is 10.8. The maximum absolute atomic E-state index is 11.8. The standard InChI is InChI=1S/C18H15N3O2/c22-17(10-9-15-8-4-5-11-19-15)20-13-18-21-12-16(23-18)14-6-2-1-3-7-14/h1-12H,13H2,(H,20,22). The fraction of sp³-hybridized carbons (Fsp3) is 0.0556. The van der Waals surface area contributed by atoms with E-state index in [4.69, 9.17) is 4.42 Å². The lowest BCUT2D eigenvalue weighted by molar-refractivity contribution is -0.116. The van der Waals surface area contributed by atoms with Crippen molar-refractivity contribution in [2.75, 3.05) is 0 Å². The monoisotopic (exact) mass is 305 g/mol. The summed E-state index contributed by atoms with van der Waals surface area (Å²) in [4.78, 5) is 20.0. The first-order chi connectivity index (χ1) is 11.3. The Hall–Kier alpha value is -3.21. The van der Waals surface area contributed by atoms with Crippen LogP contribution in [0.1, 0.15) is 11.6 Å². The summed E-state index contributed by atoms with van der Waals surface area (Å²) in [6.45, 7) is 0.234. The summed E-state index contributed by atoms with van der Waals surface area (Å²) in [6, 6.07) is 15.2. The van der Waals surface area contributed by atoms with Gasteiger partial charge in [0.15, 0.2) is 5.76 Å². The van der Waals surface area contributed by atoms with Crippen molar-refractivity contribution in [1.82, 2.24) is 15.3 Å². The molecular formula is C18H15N3O2. The lowest BCUT2D eigenvalue weighted by atomic mass is 10.2. The minimum Gasteiger partial charge on any atom is -0.439 e. The van der Waals surface area contributed by atoms with Crippen molar-refractivity contribution >= 4 is 12.0 Å². The second-order valence-corrected chi connectivity index (χ2v) is 4.79. The molecule has 0 bridgehead atoms. The molecule has 0 unspecified atom stereocenters. The summed E-state index contributed by atoms with van der Waals surface area (Å²) in [5.41, 5.74) is 1.68. The number of carbonyl (C=O) groups excluding carboxylic acids is 1. The molecule has 0 aliphatic carbocycles. The van der Waals surface area contributed by atoms with Gasteiger partial charge >= 0.3 is 0 Å². The van der Waals surface area contributed by atoms with Crippen molar-refractivity contribution in [2.24, 2.45) is 0 Å². The van der Waals surface area contributed by atoms with E-state index in [-0.39, 0.29) is 12.5 Å². The van der Waals surface area contributed by atoms with Gasteiger partial charge in [0, 0.05) is 17.8 Å². The van der Waals surface area contributed by atoms with Crippen LogP contribution >= 0.6 is 0 Å². The number of pyridine rings is 1. The molecule has 1 amide bonds. The van der Waals surface area contributed by atoms with Gasteiger partial charge < -0.3 is 9.73 Å². The van der Waals surface area contributed by atoms with Crippen molar-refractivity contribution < 1.29 is 9.21 Å². The van der Waals surface area contributed by atoms with Gasteiger partial charge in [-0.2, -0.15) is 0 Å². The highest BCUT2D eigenvalue weighted by atomic mass is 16.4. The first-order valence-electron chi connectivity index (χ1n) is 7.18. The molecule has 1 N–H and O–H groups in total. The van der Waals surface area contributed by atoms with Crippen molar-refractivity contribution in [1.29, 1.82) is 0 Å². The number of nitrogens with zero attached hydrogens (tertiary/aromatic N) is 2. The fourth-order valence-corrected chi connectivity index (χ4v) is 1.99. The Morgan fingerprint density at radius 1 is 1.09 bits per heavy atom. The number of hydrogen-bond acceptors (Lipinski definition) is 4. The highest BCUT2D eigenvalue weighted by Crippen LogP contribution is 2.19. The smallest absolute Gasteiger partial charge is 0.244 e. The van der Waals surface area contributed by atoms with E-state index in [9.17, 15) is 4.79 Å². The molecule has 2 aromatic heterocycles. The molecule has 23 heavy (non-hydrogen) atoms. The van der Waals surface area contributed by atoms with Crippen LogP contribution in [0.2, 0.25) is 0 Å². The van der Waals surface area contributed by atoms with Gasteiger partial charge in [0.05, 0.1) is 18.4 Å². The third-order valence-corrected chi connectivity index (χ3v) is 3.12. The lowest BCUT2D eigenvalue weighted by Gasteiger charge is -1.98. The Bertz CT molecular complexity index is 795. The van der Waals surface area contributed by atoms with E-state index in [1.165, 1.54) is 6.08 Å². The van der Waals surface area contributed by atoms with Gasteiger partial charge in [0.1, 0.15) is 0 Å². The van der Waals surface area contributed by atoms with Crippen LogP contribution in [0.25, 0.3) is 17.4 Å². The van der Waals surface area contributed by atoms with Gasteiger partial charge in [0.2, 0.25) is 11.8 Å². The van der Waals surface area contributed by atoms with Gasteiger partial charge in [-0.05, 0) is 18.2 Å². The SMILES string of the molecule is O=C(C=Cc1ccccn1)NCc1ncc(-c2ccccc2)o1. The molecule has 114 valence electrons. The fourth-order valence-electron chi connectivity index (χ4n) is 1.99. The second kappa shape index (κ2) is 7.17. The van der Waals surface area contributed by atoms with Gasteiger partial charge in [-0.1, -0.05) is 36.4 Å². The molecule has 2 heterocycles. The Balaban J connectivity index is 1.55. The van der Waals surface area contributed by atoms with Gasteiger partial charge in [0.25, 0.3) is 0 Å². The molecule has 0 aliphatic rings. The molecule has 5 nitrogen and oxygen atoms in total. The first-order valence-corrected chi connectivity index (χ1v) is 7.18. The van der Waals surface area contributed by atoms with E-state index >= 15 is 0 Å². The molecule has 0 saturated carbocycles. The number of amides is 1. The number of aromatic nitrogens is 2. The number of carbonyl (C=O) groups is 1. The van der Waals surface area contributed by atoms with Gasteiger partial charge in [-0.3, -0.25) is 9.78 Å². The highest BCUT2D eigenvalue weighted by Gasteiger charge is 2.06. The lowest BCUT2D eigenvalue weighted by Crippen LogP contribution is -2.20. The number of nitrogens with one attached hydrogen (secondary N) is 1. The molecule has 0 spiro atoms. The van der Waals surface area contributed by atoms with Crippen molar-refractivity contribution in [3.05, 3.63) is 78.6 Å². The highest BCUT2D eigenvalue weighted by molar-refractivity contribution is 5.91. The van der Waals surface area contributed by atoms with Crippen LogP contribution < -0.4 is 5.32 Å². The Morgan fingerprint density at radius 2 is 1.91 bits per heavy atom. The summed E-state index contributed by atoms with van der Waals surface area (Å²) in [6.07, 6.45) is 6.42. The summed E-state index contributed by atoms with van der Waals surface area (Å²) in [5, 5.41) is 2.72. The molecule has 3 aromatic rings. The topological polar surface area (TPSA) is 68.0 Å². The van der Waals surface area contributed by atoms with Gasteiger partial charge in [-0.25, -0.2) is 4.98 Å². The van der Waals surface area contributed by atoms with Crippen molar-refractivity contribution in [3.8, 4) is 11.3 Å². The minimum atomic E-state index is -0.227. The number of oxazole rings is 1. The molecule has 3 rings (SSSR count). The zero-order valence-corrected chi connectivity index (χ0v) is 12.3. The Kier molecular flexibility index (Phi) is 4.59. The first kappa shape index (κ1) is 14.7. The van der Waals surface area contributed by atoms with E-state index in [1.54, 1.807) is 18.5 Å². The predicted molar refractivity (Wildman–Crippen MR) is 87.1 cm³/mol. The molecule has 0 saturated heterocycles. The molecule has 0 aliphatic heterocycles. The van der Waals surface area contributed by atoms with Crippen LogP contribution in [-0.2, 0) is 11.3 Å². The Labute approximate surface area is 133 Å². The molecule has 0 radical (unpaired) electrons. The van der Waals surface area contributed by atoms with E-state index < -0.39 is 0 Å².